The lowest BCUT2D eigenvalue weighted by Crippen LogP contribution is -2.18. The molecule has 1 aromatic heterocycles. The molecular formula is C14H19N3O. The predicted octanol–water partition coefficient (Wildman–Crippen LogP) is 3.13. The highest BCUT2D eigenvalue weighted by atomic mass is 16.5. The van der Waals surface area contributed by atoms with Crippen molar-refractivity contribution in [3.63, 3.8) is 0 Å². The number of imidazole rings is 1. The molecule has 2 N–H and O–H groups in total. The molecule has 1 heterocycles. The molecule has 0 spiro atoms. The lowest BCUT2D eigenvalue weighted by atomic mass is 9.93. The van der Waals surface area contributed by atoms with Crippen LogP contribution in [0.5, 0.6) is 5.75 Å². The summed E-state index contributed by atoms with van der Waals surface area (Å²) >= 11 is 0. The first kappa shape index (κ1) is 11.4. The van der Waals surface area contributed by atoms with Crippen molar-refractivity contribution in [2.75, 3.05) is 5.73 Å². The second-order valence-electron chi connectivity index (χ2n) is 5.22. The van der Waals surface area contributed by atoms with Gasteiger partial charge in [-0.25, -0.2) is 4.98 Å². The van der Waals surface area contributed by atoms with E-state index in [1.807, 2.05) is 26.0 Å². The highest BCUT2D eigenvalue weighted by Crippen LogP contribution is 2.38. The second kappa shape index (κ2) is 4.19. The molecule has 3 rings (SSSR count). The van der Waals surface area contributed by atoms with Crippen molar-refractivity contribution in [3.8, 4) is 5.75 Å². The number of nitrogens with two attached hydrogens (primary N) is 1. The Hall–Kier alpha value is -1.71. The molecule has 4 heteroatoms. The summed E-state index contributed by atoms with van der Waals surface area (Å²) in [6.07, 6.45) is 3.83. The van der Waals surface area contributed by atoms with Gasteiger partial charge in [0.05, 0.1) is 11.6 Å². The van der Waals surface area contributed by atoms with Gasteiger partial charge in [-0.2, -0.15) is 0 Å². The summed E-state index contributed by atoms with van der Waals surface area (Å²) in [6.45, 7) is 4.04. The van der Waals surface area contributed by atoms with E-state index in [2.05, 4.69) is 15.6 Å². The summed E-state index contributed by atoms with van der Waals surface area (Å²) in [4.78, 5) is 4.48. The van der Waals surface area contributed by atoms with Gasteiger partial charge in [0.25, 0.3) is 0 Å². The van der Waals surface area contributed by atoms with Crippen LogP contribution in [-0.2, 0) is 0 Å². The molecule has 1 aliphatic carbocycles. The average Bonchev–Trinajstić information content (AvgIpc) is 2.55. The third-order valence-corrected chi connectivity index (χ3v) is 3.51. The van der Waals surface area contributed by atoms with Gasteiger partial charge in [-0.15, -0.1) is 0 Å². The average molecular weight is 245 g/mol. The van der Waals surface area contributed by atoms with E-state index in [-0.39, 0.29) is 6.10 Å². The van der Waals surface area contributed by atoms with Crippen LogP contribution in [0.2, 0.25) is 0 Å². The van der Waals surface area contributed by atoms with E-state index in [9.17, 15) is 0 Å². The first-order valence-electron chi connectivity index (χ1n) is 6.60. The van der Waals surface area contributed by atoms with E-state index in [1.54, 1.807) is 0 Å². The Bertz CT molecular complexity index is 570. The molecule has 4 nitrogen and oxygen atoms in total. The Morgan fingerprint density at radius 2 is 2.17 bits per heavy atom. The minimum Gasteiger partial charge on any atom is -0.489 e. The number of fused-ring (bicyclic) bond motifs is 1. The summed E-state index contributed by atoms with van der Waals surface area (Å²) in [5.41, 5.74) is 8.04. The fourth-order valence-electron chi connectivity index (χ4n) is 2.49. The van der Waals surface area contributed by atoms with Gasteiger partial charge in [0.2, 0.25) is 5.95 Å². The lowest BCUT2D eigenvalue weighted by Gasteiger charge is -2.28. The van der Waals surface area contributed by atoms with Crippen molar-refractivity contribution < 1.29 is 4.74 Å². The summed E-state index contributed by atoms with van der Waals surface area (Å²) in [5.74, 6) is 1.43. The number of benzene rings is 1. The van der Waals surface area contributed by atoms with E-state index >= 15 is 0 Å². The Kier molecular flexibility index (Phi) is 2.65. The largest absolute Gasteiger partial charge is 0.489 e. The molecule has 1 aliphatic rings. The van der Waals surface area contributed by atoms with Crippen LogP contribution >= 0.6 is 0 Å². The van der Waals surface area contributed by atoms with Crippen LogP contribution in [0.25, 0.3) is 11.0 Å². The summed E-state index contributed by atoms with van der Waals surface area (Å²) in [7, 11) is 0. The van der Waals surface area contributed by atoms with Crippen LogP contribution < -0.4 is 10.5 Å². The number of rotatable bonds is 3. The SMILES string of the molecule is CC(C)Oc1cccc2c1nc(N)n2C1CCC1. The topological polar surface area (TPSA) is 53.1 Å². The zero-order chi connectivity index (χ0) is 12.7. The maximum absolute atomic E-state index is 6.06. The Morgan fingerprint density at radius 3 is 2.78 bits per heavy atom. The fraction of sp³-hybridized carbons (Fsp3) is 0.500. The third kappa shape index (κ3) is 1.72. The molecule has 0 saturated heterocycles. The molecule has 1 fully saturated rings. The smallest absolute Gasteiger partial charge is 0.201 e. The van der Waals surface area contributed by atoms with Gasteiger partial charge in [0.15, 0.2) is 0 Å². The van der Waals surface area contributed by atoms with Crippen LogP contribution in [0.3, 0.4) is 0 Å². The van der Waals surface area contributed by atoms with Crippen LogP contribution in [0.15, 0.2) is 18.2 Å². The summed E-state index contributed by atoms with van der Waals surface area (Å²) in [6, 6.07) is 6.56. The van der Waals surface area contributed by atoms with E-state index in [4.69, 9.17) is 10.5 Å². The third-order valence-electron chi connectivity index (χ3n) is 3.51. The molecule has 0 atom stereocenters. The molecule has 1 aromatic carbocycles. The maximum Gasteiger partial charge on any atom is 0.201 e. The number of hydrogen-bond acceptors (Lipinski definition) is 3. The van der Waals surface area contributed by atoms with Crippen molar-refractivity contribution in [1.29, 1.82) is 0 Å². The van der Waals surface area contributed by atoms with Crippen molar-refractivity contribution >= 4 is 17.0 Å². The van der Waals surface area contributed by atoms with E-state index in [0.717, 1.165) is 16.8 Å². The van der Waals surface area contributed by atoms with Crippen LogP contribution in [-0.4, -0.2) is 15.7 Å². The quantitative estimate of drug-likeness (QED) is 0.903. The Labute approximate surface area is 107 Å². The number of ether oxygens (including phenoxy) is 1. The lowest BCUT2D eigenvalue weighted by molar-refractivity contribution is 0.245. The van der Waals surface area contributed by atoms with Crippen molar-refractivity contribution in [2.45, 2.75) is 45.3 Å². The monoisotopic (exact) mass is 245 g/mol. The second-order valence-corrected chi connectivity index (χ2v) is 5.22. The van der Waals surface area contributed by atoms with Crippen LogP contribution in [0.4, 0.5) is 5.95 Å². The number of nitrogens with zero attached hydrogens (tertiary/aromatic N) is 2. The normalized spacial score (nSPS) is 16.2. The van der Waals surface area contributed by atoms with E-state index in [0.29, 0.717) is 12.0 Å². The molecule has 96 valence electrons. The van der Waals surface area contributed by atoms with Crippen molar-refractivity contribution in [2.24, 2.45) is 0 Å². The van der Waals surface area contributed by atoms with E-state index < -0.39 is 0 Å². The van der Waals surface area contributed by atoms with Gasteiger partial charge in [0.1, 0.15) is 11.3 Å². The predicted molar refractivity (Wildman–Crippen MR) is 72.8 cm³/mol. The first-order valence-corrected chi connectivity index (χ1v) is 6.60. The van der Waals surface area contributed by atoms with Gasteiger partial charge >= 0.3 is 0 Å². The highest BCUT2D eigenvalue weighted by molar-refractivity contribution is 5.84. The number of anilines is 1. The van der Waals surface area contributed by atoms with Crippen LogP contribution in [0, 0.1) is 0 Å². The Balaban J connectivity index is 2.12. The van der Waals surface area contributed by atoms with Gasteiger partial charge in [-0.3, -0.25) is 0 Å². The minimum absolute atomic E-state index is 0.144. The molecule has 1 saturated carbocycles. The zero-order valence-corrected chi connectivity index (χ0v) is 10.9. The molecule has 0 amide bonds. The maximum atomic E-state index is 6.06. The molecule has 0 radical (unpaired) electrons. The van der Waals surface area contributed by atoms with Gasteiger partial charge in [0, 0.05) is 6.04 Å². The summed E-state index contributed by atoms with van der Waals surface area (Å²) < 4.78 is 7.95. The van der Waals surface area contributed by atoms with Gasteiger partial charge in [-0.05, 0) is 45.2 Å². The molecule has 0 aliphatic heterocycles. The first-order chi connectivity index (χ1) is 8.66. The molecule has 18 heavy (non-hydrogen) atoms. The highest BCUT2D eigenvalue weighted by Gasteiger charge is 2.24. The number of hydrogen-bond donors (Lipinski definition) is 1. The number of aromatic nitrogens is 2. The molecule has 0 unspecified atom stereocenters. The molecule has 0 bridgehead atoms. The minimum atomic E-state index is 0.144. The standard InChI is InChI=1S/C14H19N3O/c1-9(2)18-12-8-4-7-11-13(12)16-14(15)17(11)10-5-3-6-10/h4,7-10H,3,5-6H2,1-2H3,(H2,15,16). The number of para-hydroxylation sites is 1. The van der Waals surface area contributed by atoms with Gasteiger partial charge in [-0.1, -0.05) is 6.07 Å². The summed E-state index contributed by atoms with van der Waals surface area (Å²) in [5, 5.41) is 0. The fourth-order valence-corrected chi connectivity index (χ4v) is 2.49. The Morgan fingerprint density at radius 1 is 1.39 bits per heavy atom. The van der Waals surface area contributed by atoms with Crippen LogP contribution in [0.1, 0.15) is 39.2 Å². The van der Waals surface area contributed by atoms with Crippen molar-refractivity contribution in [1.82, 2.24) is 9.55 Å². The molecule has 2 aromatic rings. The van der Waals surface area contributed by atoms with Crippen molar-refractivity contribution in [3.05, 3.63) is 18.2 Å². The number of nitrogen functional groups attached to an aromatic ring is 1. The van der Waals surface area contributed by atoms with Gasteiger partial charge < -0.3 is 15.0 Å². The zero-order valence-electron chi connectivity index (χ0n) is 10.9. The molecular weight excluding hydrogens is 226 g/mol. The van der Waals surface area contributed by atoms with E-state index in [1.165, 1.54) is 19.3 Å².